The normalized spacial score (nSPS) is 34.1. The smallest absolute Gasteiger partial charge is 0.249 e. The number of carbonyl (C=O) groups is 1. The van der Waals surface area contributed by atoms with Gasteiger partial charge in [0.25, 0.3) is 0 Å². The second-order valence-corrected chi connectivity index (χ2v) is 9.91. The Bertz CT molecular complexity index is 758. The van der Waals surface area contributed by atoms with Crippen LogP contribution in [0.5, 0.6) is 5.75 Å². The van der Waals surface area contributed by atoms with Gasteiger partial charge in [-0.3, -0.25) is 9.69 Å². The summed E-state index contributed by atoms with van der Waals surface area (Å²) in [5.74, 6) is 1.67. The van der Waals surface area contributed by atoms with Gasteiger partial charge >= 0.3 is 0 Å². The number of amides is 1. The van der Waals surface area contributed by atoms with Crippen LogP contribution < -0.4 is 10.1 Å². The molecule has 4 aliphatic heterocycles. The van der Waals surface area contributed by atoms with Gasteiger partial charge in [0.2, 0.25) is 5.91 Å². The van der Waals surface area contributed by atoms with Crippen LogP contribution in [-0.2, 0) is 14.3 Å². The first kappa shape index (κ1) is 22.2. The van der Waals surface area contributed by atoms with Crippen LogP contribution in [-0.4, -0.2) is 68.0 Å². The maximum atomic E-state index is 12.9. The lowest BCUT2D eigenvalue weighted by Crippen LogP contribution is -2.59. The SMILES string of the molecule is O=C(N[C@H]1CCCN2CCOc3ccccc3C3CCC(CC3)OCC12)C1CCCCO1. The Balaban J connectivity index is 1.30. The summed E-state index contributed by atoms with van der Waals surface area (Å²) in [5, 5.41) is 3.34. The van der Waals surface area contributed by atoms with Gasteiger partial charge in [0.1, 0.15) is 18.5 Å². The number of fused-ring (bicyclic) bond motifs is 5. The van der Waals surface area contributed by atoms with Gasteiger partial charge < -0.3 is 19.5 Å². The molecule has 1 amide bonds. The highest BCUT2D eigenvalue weighted by atomic mass is 16.5. The van der Waals surface area contributed by atoms with Crippen molar-refractivity contribution in [3.8, 4) is 5.75 Å². The molecule has 3 atom stereocenters. The molecular formula is C26H38N2O4. The molecule has 0 spiro atoms. The highest BCUT2D eigenvalue weighted by molar-refractivity contribution is 5.81. The Kier molecular flexibility index (Phi) is 7.30. The lowest BCUT2D eigenvalue weighted by atomic mass is 9.82. The van der Waals surface area contributed by atoms with Crippen molar-refractivity contribution >= 4 is 5.91 Å². The lowest BCUT2D eigenvalue weighted by molar-refractivity contribution is -0.137. The standard InChI is InChI=1S/C26H38N2O4/c29-26(25-9-3-4-16-30-25)27-22-7-5-14-28-15-17-31-24-8-2-1-6-21(24)19-10-12-20(13-11-19)32-18-23(22)28/h1-2,6,8,19-20,22-23,25H,3-5,7,9-18H2,(H,27,29)/t19?,20?,22-,23?,25?/m0/s1. The molecule has 1 aromatic rings. The monoisotopic (exact) mass is 442 g/mol. The number of piperidine rings is 1. The summed E-state index contributed by atoms with van der Waals surface area (Å²) in [7, 11) is 0. The molecule has 2 bridgehead atoms. The van der Waals surface area contributed by atoms with Crippen LogP contribution in [0, 0.1) is 0 Å². The molecule has 6 rings (SSSR count). The van der Waals surface area contributed by atoms with E-state index in [2.05, 4.69) is 34.5 Å². The lowest BCUT2D eigenvalue weighted by Gasteiger charge is -2.42. The molecule has 5 aliphatic rings. The van der Waals surface area contributed by atoms with Gasteiger partial charge in [0.05, 0.1) is 18.8 Å². The summed E-state index contributed by atoms with van der Waals surface area (Å²) in [6, 6.07) is 8.87. The van der Waals surface area contributed by atoms with E-state index >= 15 is 0 Å². The third kappa shape index (κ3) is 5.13. The number of nitrogens with one attached hydrogen (secondary N) is 1. The van der Waals surface area contributed by atoms with Crippen molar-refractivity contribution in [1.82, 2.24) is 10.2 Å². The number of benzene rings is 1. The Labute approximate surface area is 192 Å². The van der Waals surface area contributed by atoms with Gasteiger partial charge in [0, 0.05) is 19.2 Å². The zero-order chi connectivity index (χ0) is 21.8. The molecule has 176 valence electrons. The molecular weight excluding hydrogens is 404 g/mol. The van der Waals surface area contributed by atoms with Crippen molar-refractivity contribution in [2.75, 3.05) is 32.9 Å². The van der Waals surface area contributed by atoms with Gasteiger partial charge in [-0.2, -0.15) is 0 Å². The van der Waals surface area contributed by atoms with Gasteiger partial charge in [-0.15, -0.1) is 0 Å². The third-order valence-electron chi connectivity index (χ3n) is 7.87. The Hall–Kier alpha value is -1.63. The average molecular weight is 443 g/mol. The predicted octanol–water partition coefficient (Wildman–Crippen LogP) is 3.64. The van der Waals surface area contributed by atoms with Crippen LogP contribution >= 0.6 is 0 Å². The highest BCUT2D eigenvalue weighted by Crippen LogP contribution is 2.38. The summed E-state index contributed by atoms with van der Waals surface area (Å²) in [6.07, 6.45) is 9.57. The molecule has 32 heavy (non-hydrogen) atoms. The minimum absolute atomic E-state index is 0.0603. The van der Waals surface area contributed by atoms with Crippen molar-refractivity contribution in [2.24, 2.45) is 0 Å². The van der Waals surface area contributed by atoms with E-state index in [0.717, 1.165) is 76.6 Å². The maximum absolute atomic E-state index is 12.9. The summed E-state index contributed by atoms with van der Waals surface area (Å²) in [4.78, 5) is 15.4. The zero-order valence-electron chi connectivity index (χ0n) is 19.2. The number of hydrogen-bond donors (Lipinski definition) is 1. The number of hydrogen-bond acceptors (Lipinski definition) is 5. The van der Waals surface area contributed by atoms with E-state index in [1.807, 2.05) is 0 Å². The molecule has 0 radical (unpaired) electrons. The molecule has 6 heteroatoms. The van der Waals surface area contributed by atoms with Gasteiger partial charge in [-0.05, 0) is 81.9 Å². The van der Waals surface area contributed by atoms with Gasteiger partial charge in [0.15, 0.2) is 0 Å². The topological polar surface area (TPSA) is 60.0 Å². The van der Waals surface area contributed by atoms with Crippen molar-refractivity contribution < 1.29 is 19.0 Å². The molecule has 2 unspecified atom stereocenters. The summed E-state index contributed by atoms with van der Waals surface area (Å²) < 4.78 is 18.6. The van der Waals surface area contributed by atoms with Crippen LogP contribution in [0.3, 0.4) is 0 Å². The first-order valence-electron chi connectivity index (χ1n) is 12.8. The number of rotatable bonds is 2. The number of carbonyl (C=O) groups excluding carboxylic acids is 1. The first-order valence-corrected chi connectivity index (χ1v) is 12.8. The van der Waals surface area contributed by atoms with E-state index in [9.17, 15) is 4.79 Å². The fourth-order valence-corrected chi connectivity index (χ4v) is 6.01. The van der Waals surface area contributed by atoms with Crippen LogP contribution in [0.15, 0.2) is 24.3 Å². The third-order valence-corrected chi connectivity index (χ3v) is 7.87. The summed E-state index contributed by atoms with van der Waals surface area (Å²) >= 11 is 0. The quantitative estimate of drug-likeness (QED) is 0.758. The number of nitrogens with zero attached hydrogens (tertiary/aromatic N) is 1. The number of para-hydroxylation sites is 1. The van der Waals surface area contributed by atoms with Crippen LogP contribution in [0.2, 0.25) is 0 Å². The molecule has 4 heterocycles. The molecule has 2 saturated heterocycles. The van der Waals surface area contributed by atoms with Crippen LogP contribution in [0.1, 0.15) is 69.3 Å². The molecule has 3 fully saturated rings. The summed E-state index contributed by atoms with van der Waals surface area (Å²) in [5.41, 5.74) is 1.36. The van der Waals surface area contributed by atoms with E-state index in [-0.39, 0.29) is 24.1 Å². The highest BCUT2D eigenvalue weighted by Gasteiger charge is 2.36. The Morgan fingerprint density at radius 3 is 2.62 bits per heavy atom. The van der Waals surface area contributed by atoms with Crippen molar-refractivity contribution in [3.05, 3.63) is 29.8 Å². The second kappa shape index (κ2) is 10.5. The van der Waals surface area contributed by atoms with Gasteiger partial charge in [-0.25, -0.2) is 0 Å². The first-order chi connectivity index (χ1) is 15.8. The van der Waals surface area contributed by atoms with Crippen LogP contribution in [0.25, 0.3) is 0 Å². The maximum Gasteiger partial charge on any atom is 0.249 e. The Morgan fingerprint density at radius 2 is 1.78 bits per heavy atom. The molecule has 1 aromatic carbocycles. The fourth-order valence-electron chi connectivity index (χ4n) is 6.01. The predicted molar refractivity (Wildman–Crippen MR) is 123 cm³/mol. The minimum Gasteiger partial charge on any atom is -0.492 e. The van der Waals surface area contributed by atoms with E-state index < -0.39 is 0 Å². The molecule has 1 N–H and O–H groups in total. The van der Waals surface area contributed by atoms with E-state index in [0.29, 0.717) is 31.8 Å². The minimum atomic E-state index is -0.287. The van der Waals surface area contributed by atoms with Gasteiger partial charge in [-0.1, -0.05) is 18.2 Å². The fraction of sp³-hybridized carbons (Fsp3) is 0.731. The molecule has 0 aromatic heterocycles. The Morgan fingerprint density at radius 1 is 0.906 bits per heavy atom. The second-order valence-electron chi connectivity index (χ2n) is 9.91. The van der Waals surface area contributed by atoms with E-state index in [4.69, 9.17) is 14.2 Å². The van der Waals surface area contributed by atoms with Crippen molar-refractivity contribution in [3.63, 3.8) is 0 Å². The molecule has 1 saturated carbocycles. The van der Waals surface area contributed by atoms with Crippen molar-refractivity contribution in [1.29, 1.82) is 0 Å². The van der Waals surface area contributed by atoms with E-state index in [1.165, 1.54) is 5.56 Å². The zero-order valence-corrected chi connectivity index (χ0v) is 19.2. The van der Waals surface area contributed by atoms with E-state index in [1.54, 1.807) is 0 Å². The summed E-state index contributed by atoms with van der Waals surface area (Å²) in [6.45, 7) is 3.92. The number of ether oxygens (including phenoxy) is 3. The van der Waals surface area contributed by atoms with Crippen molar-refractivity contribution in [2.45, 2.75) is 88.0 Å². The van der Waals surface area contributed by atoms with Crippen LogP contribution in [0.4, 0.5) is 0 Å². The average Bonchev–Trinajstić information content (AvgIpc) is 2.86. The molecule has 1 aliphatic carbocycles. The largest absolute Gasteiger partial charge is 0.492 e. The molecule has 6 nitrogen and oxygen atoms in total.